The van der Waals surface area contributed by atoms with Gasteiger partial charge in [0.2, 0.25) is 5.89 Å². The van der Waals surface area contributed by atoms with E-state index in [0.29, 0.717) is 31.6 Å². The first-order valence-electron chi connectivity index (χ1n) is 11.1. The van der Waals surface area contributed by atoms with E-state index >= 15 is 0 Å². The van der Waals surface area contributed by atoms with Crippen molar-refractivity contribution in [1.29, 1.82) is 0 Å². The summed E-state index contributed by atoms with van der Waals surface area (Å²) in [5.74, 6) is 2.78. The zero-order valence-electron chi connectivity index (χ0n) is 18.5. The van der Waals surface area contributed by atoms with Crippen LogP contribution in [0.15, 0.2) is 9.41 Å². The zero-order valence-corrected chi connectivity index (χ0v) is 18.5. The highest BCUT2D eigenvalue weighted by Crippen LogP contribution is 2.20. The number of hydrogen-bond donors (Lipinski definition) is 2. The Morgan fingerprint density at radius 1 is 1.23 bits per heavy atom. The van der Waals surface area contributed by atoms with Crippen LogP contribution in [-0.2, 0) is 11.3 Å². The van der Waals surface area contributed by atoms with Crippen molar-refractivity contribution < 1.29 is 13.9 Å². The first-order chi connectivity index (χ1) is 14.4. The molecule has 2 aliphatic rings. The molecular formula is C21H36N6O3. The van der Waals surface area contributed by atoms with Gasteiger partial charge in [0.1, 0.15) is 5.76 Å². The quantitative estimate of drug-likeness (QED) is 0.535. The maximum atomic E-state index is 11.8. The largest absolute Gasteiger partial charge is 0.450 e. The van der Waals surface area contributed by atoms with Gasteiger partial charge in [-0.3, -0.25) is 9.89 Å². The van der Waals surface area contributed by atoms with Gasteiger partial charge >= 0.3 is 6.09 Å². The molecule has 0 unspecified atom stereocenters. The van der Waals surface area contributed by atoms with Gasteiger partial charge in [-0.1, -0.05) is 0 Å². The summed E-state index contributed by atoms with van der Waals surface area (Å²) in [6, 6.07) is 0.258. The highest BCUT2D eigenvalue weighted by Gasteiger charge is 2.24. The van der Waals surface area contributed by atoms with Crippen molar-refractivity contribution in [2.75, 3.05) is 39.3 Å². The van der Waals surface area contributed by atoms with Crippen LogP contribution in [0.5, 0.6) is 0 Å². The smallest absolute Gasteiger partial charge is 0.409 e. The number of aryl methyl sites for hydroxylation is 2. The zero-order chi connectivity index (χ0) is 21.5. The molecule has 2 saturated heterocycles. The number of likely N-dealkylation sites (tertiary alicyclic amines) is 2. The molecule has 1 amide bonds. The second-order valence-electron chi connectivity index (χ2n) is 8.30. The van der Waals surface area contributed by atoms with E-state index in [1.165, 1.54) is 0 Å². The van der Waals surface area contributed by atoms with Crippen LogP contribution >= 0.6 is 0 Å². The molecule has 168 valence electrons. The molecule has 3 rings (SSSR count). The van der Waals surface area contributed by atoms with Gasteiger partial charge in [-0.15, -0.1) is 0 Å². The van der Waals surface area contributed by atoms with Crippen molar-refractivity contribution >= 4 is 12.1 Å². The molecule has 0 atom stereocenters. The first-order valence-corrected chi connectivity index (χ1v) is 11.1. The van der Waals surface area contributed by atoms with Gasteiger partial charge in [-0.25, -0.2) is 9.78 Å². The summed E-state index contributed by atoms with van der Waals surface area (Å²) in [7, 11) is 0. The molecule has 0 aromatic carbocycles. The van der Waals surface area contributed by atoms with Gasteiger partial charge in [0, 0.05) is 25.7 Å². The molecule has 2 aliphatic heterocycles. The lowest BCUT2D eigenvalue weighted by Gasteiger charge is -2.32. The number of amides is 1. The highest BCUT2D eigenvalue weighted by molar-refractivity contribution is 5.78. The third-order valence-electron chi connectivity index (χ3n) is 6.03. The SMILES string of the molecule is CCOC(=O)N1CCC(NC(N)=NCC2CCN(Cc3nc(C)c(C)o3)CC2)CC1. The lowest BCUT2D eigenvalue weighted by atomic mass is 9.97. The molecule has 0 spiro atoms. The van der Waals surface area contributed by atoms with Crippen LogP contribution in [0.1, 0.15) is 50.0 Å². The number of oxazole rings is 1. The number of rotatable bonds is 6. The van der Waals surface area contributed by atoms with Crippen LogP contribution in [0, 0.1) is 19.8 Å². The van der Waals surface area contributed by atoms with E-state index < -0.39 is 0 Å². The third-order valence-corrected chi connectivity index (χ3v) is 6.03. The summed E-state index contributed by atoms with van der Waals surface area (Å²) >= 11 is 0. The number of ether oxygens (including phenoxy) is 1. The van der Waals surface area contributed by atoms with Crippen molar-refractivity contribution in [3.05, 3.63) is 17.3 Å². The Morgan fingerprint density at radius 3 is 2.53 bits per heavy atom. The van der Waals surface area contributed by atoms with Crippen LogP contribution in [0.25, 0.3) is 0 Å². The molecule has 1 aromatic rings. The first kappa shape index (κ1) is 22.4. The van der Waals surface area contributed by atoms with E-state index in [4.69, 9.17) is 14.9 Å². The topological polar surface area (TPSA) is 109 Å². The fourth-order valence-corrected chi connectivity index (χ4v) is 4.03. The molecular weight excluding hydrogens is 384 g/mol. The monoisotopic (exact) mass is 420 g/mol. The Hall–Kier alpha value is -2.29. The fourth-order valence-electron chi connectivity index (χ4n) is 4.03. The van der Waals surface area contributed by atoms with Crippen molar-refractivity contribution in [2.24, 2.45) is 16.6 Å². The standard InChI is InChI=1S/C21H36N6O3/c1-4-29-21(28)27-11-7-18(8-12-27)25-20(22)23-13-17-5-9-26(10-6-17)14-19-24-15(2)16(3)30-19/h17-18H,4-14H2,1-3H3,(H3,22,23,25). The van der Waals surface area contributed by atoms with Gasteiger partial charge in [0.25, 0.3) is 0 Å². The molecule has 9 nitrogen and oxygen atoms in total. The van der Waals surface area contributed by atoms with Crippen LogP contribution in [0.2, 0.25) is 0 Å². The van der Waals surface area contributed by atoms with Crippen molar-refractivity contribution in [1.82, 2.24) is 20.1 Å². The number of guanidine groups is 1. The number of nitrogens with one attached hydrogen (secondary N) is 1. The number of hydrogen-bond acceptors (Lipinski definition) is 6. The molecule has 0 aliphatic carbocycles. The number of aromatic nitrogens is 1. The number of nitrogens with two attached hydrogens (primary N) is 1. The predicted octanol–water partition coefficient (Wildman–Crippen LogP) is 2.03. The van der Waals surface area contributed by atoms with Crippen LogP contribution in [-0.4, -0.2) is 72.2 Å². The molecule has 9 heteroatoms. The van der Waals surface area contributed by atoms with Crippen LogP contribution in [0.3, 0.4) is 0 Å². The second-order valence-corrected chi connectivity index (χ2v) is 8.30. The van der Waals surface area contributed by atoms with Crippen molar-refractivity contribution in [2.45, 2.75) is 59.0 Å². The molecule has 3 N–H and O–H groups in total. The second kappa shape index (κ2) is 10.7. The maximum absolute atomic E-state index is 11.8. The van der Waals surface area contributed by atoms with E-state index in [1.54, 1.807) is 4.90 Å². The minimum Gasteiger partial charge on any atom is -0.450 e. The summed E-state index contributed by atoms with van der Waals surface area (Å²) in [4.78, 5) is 25.0. The van der Waals surface area contributed by atoms with E-state index in [-0.39, 0.29) is 12.1 Å². The average molecular weight is 421 g/mol. The number of aliphatic imine (C=N–C) groups is 1. The molecule has 0 saturated carbocycles. The Bertz CT molecular complexity index is 699. The van der Waals surface area contributed by atoms with Gasteiger partial charge in [0.05, 0.1) is 18.8 Å². The third kappa shape index (κ3) is 6.35. The van der Waals surface area contributed by atoms with Crippen molar-refractivity contribution in [3.63, 3.8) is 0 Å². The maximum Gasteiger partial charge on any atom is 0.409 e. The average Bonchev–Trinajstić information content (AvgIpc) is 3.05. The minimum absolute atomic E-state index is 0.225. The Kier molecular flexibility index (Phi) is 7.95. The Balaban J connectivity index is 1.34. The van der Waals surface area contributed by atoms with Gasteiger partial charge in [-0.2, -0.15) is 0 Å². The normalized spacial score (nSPS) is 19.8. The number of nitrogens with zero attached hydrogens (tertiary/aromatic N) is 4. The van der Waals surface area contributed by atoms with Gasteiger partial charge in [0.15, 0.2) is 5.96 Å². The molecule has 2 fully saturated rings. The molecule has 1 aromatic heterocycles. The predicted molar refractivity (Wildman–Crippen MR) is 115 cm³/mol. The summed E-state index contributed by atoms with van der Waals surface area (Å²) < 4.78 is 10.8. The highest BCUT2D eigenvalue weighted by atomic mass is 16.6. The van der Waals surface area contributed by atoms with E-state index in [2.05, 4.69) is 20.2 Å². The molecule has 3 heterocycles. The van der Waals surface area contributed by atoms with E-state index in [9.17, 15) is 4.79 Å². The summed E-state index contributed by atoms with van der Waals surface area (Å²) in [5, 5.41) is 3.32. The summed E-state index contributed by atoms with van der Waals surface area (Å²) in [5.41, 5.74) is 7.09. The van der Waals surface area contributed by atoms with E-state index in [1.807, 2.05) is 20.8 Å². The summed E-state index contributed by atoms with van der Waals surface area (Å²) in [6.07, 6.45) is 3.69. The van der Waals surface area contributed by atoms with E-state index in [0.717, 1.165) is 69.2 Å². The van der Waals surface area contributed by atoms with Gasteiger partial charge in [-0.05, 0) is 65.5 Å². The molecule has 30 heavy (non-hydrogen) atoms. The molecule has 0 radical (unpaired) electrons. The minimum atomic E-state index is -0.225. The fraction of sp³-hybridized carbons (Fsp3) is 0.762. The lowest BCUT2D eigenvalue weighted by molar-refractivity contribution is 0.0963. The Labute approximate surface area is 179 Å². The van der Waals surface area contributed by atoms with Crippen molar-refractivity contribution in [3.8, 4) is 0 Å². The Morgan fingerprint density at radius 2 is 1.93 bits per heavy atom. The van der Waals surface area contributed by atoms with Gasteiger partial charge < -0.3 is 25.1 Å². The lowest BCUT2D eigenvalue weighted by Crippen LogP contribution is -2.48. The number of piperidine rings is 2. The van der Waals surface area contributed by atoms with Crippen LogP contribution < -0.4 is 11.1 Å². The molecule has 0 bridgehead atoms. The number of carbonyl (C=O) groups is 1. The van der Waals surface area contributed by atoms with Crippen LogP contribution in [0.4, 0.5) is 4.79 Å². The number of carbonyl (C=O) groups excluding carboxylic acids is 1. The summed E-state index contributed by atoms with van der Waals surface area (Å²) in [6.45, 7) is 11.1.